The van der Waals surface area contributed by atoms with Crippen molar-refractivity contribution in [3.63, 3.8) is 0 Å². The average Bonchev–Trinajstić information content (AvgIpc) is 3.10. The van der Waals surface area contributed by atoms with Crippen molar-refractivity contribution in [2.45, 2.75) is 18.2 Å². The summed E-state index contributed by atoms with van der Waals surface area (Å²) in [5, 5.41) is 0. The summed E-state index contributed by atoms with van der Waals surface area (Å²) in [6.45, 7) is 4.76. The van der Waals surface area contributed by atoms with E-state index >= 15 is 0 Å². The lowest BCUT2D eigenvalue weighted by Crippen LogP contribution is -2.47. The van der Waals surface area contributed by atoms with Gasteiger partial charge in [0.2, 0.25) is 0 Å². The van der Waals surface area contributed by atoms with E-state index in [9.17, 15) is 0 Å². The summed E-state index contributed by atoms with van der Waals surface area (Å²) in [6, 6.07) is 6.90. The van der Waals surface area contributed by atoms with Crippen LogP contribution in [-0.2, 0) is 0 Å². The maximum Gasteiger partial charge on any atom is 0.0923 e. The van der Waals surface area contributed by atoms with Crippen LogP contribution in [0.2, 0.25) is 0 Å². The van der Waals surface area contributed by atoms with Crippen molar-refractivity contribution < 1.29 is 0 Å². The van der Waals surface area contributed by atoms with Crippen molar-refractivity contribution in [3.8, 4) is 0 Å². The molecule has 5 rings (SSSR count). The van der Waals surface area contributed by atoms with Gasteiger partial charge in [-0.05, 0) is 26.2 Å². The molecule has 2 saturated heterocycles. The van der Waals surface area contributed by atoms with Crippen LogP contribution in [0.25, 0.3) is 0 Å². The van der Waals surface area contributed by atoms with E-state index in [2.05, 4.69) is 51.9 Å². The van der Waals surface area contributed by atoms with Gasteiger partial charge in [0.1, 0.15) is 0 Å². The van der Waals surface area contributed by atoms with Gasteiger partial charge in [-0.2, -0.15) is 0 Å². The number of hydrogen-bond acceptors (Lipinski definition) is 4. The first-order valence-corrected chi connectivity index (χ1v) is 7.34. The SMILES string of the molecule is CN1CCN2c3cccc4c3C(C12)C1N(C)CCN41. The number of benzene rings is 1. The van der Waals surface area contributed by atoms with Crippen LogP contribution in [0.4, 0.5) is 11.4 Å². The third-order valence-electron chi connectivity index (χ3n) is 5.58. The zero-order chi connectivity index (χ0) is 12.7. The van der Waals surface area contributed by atoms with Crippen LogP contribution < -0.4 is 9.80 Å². The Bertz CT molecular complexity index is 513. The first-order chi connectivity index (χ1) is 9.27. The molecule has 2 atom stereocenters. The molecule has 0 aliphatic carbocycles. The molecule has 4 nitrogen and oxygen atoms in total. The van der Waals surface area contributed by atoms with Crippen molar-refractivity contribution in [1.82, 2.24) is 9.80 Å². The minimum Gasteiger partial charge on any atom is -0.353 e. The maximum atomic E-state index is 2.63. The normalized spacial score (nSPS) is 36.0. The smallest absolute Gasteiger partial charge is 0.0923 e. The minimum absolute atomic E-state index is 0.576. The van der Waals surface area contributed by atoms with Crippen LogP contribution in [0.1, 0.15) is 11.5 Å². The van der Waals surface area contributed by atoms with Crippen LogP contribution in [0.5, 0.6) is 0 Å². The highest BCUT2D eigenvalue weighted by Gasteiger charge is 2.56. The topological polar surface area (TPSA) is 13.0 Å². The van der Waals surface area contributed by atoms with E-state index in [1.165, 1.54) is 37.6 Å². The van der Waals surface area contributed by atoms with E-state index in [0.29, 0.717) is 18.2 Å². The van der Waals surface area contributed by atoms with Crippen molar-refractivity contribution >= 4 is 11.4 Å². The fourth-order valence-corrected chi connectivity index (χ4v) is 4.83. The molecule has 2 fully saturated rings. The third kappa shape index (κ3) is 1.05. The van der Waals surface area contributed by atoms with Gasteiger partial charge in [-0.1, -0.05) is 6.07 Å². The third-order valence-corrected chi connectivity index (χ3v) is 5.58. The quantitative estimate of drug-likeness (QED) is 0.685. The molecule has 0 saturated carbocycles. The summed E-state index contributed by atoms with van der Waals surface area (Å²) in [6.07, 6.45) is 1.15. The molecule has 0 aromatic heterocycles. The number of nitrogens with zero attached hydrogens (tertiary/aromatic N) is 4. The highest BCUT2D eigenvalue weighted by atomic mass is 15.5. The van der Waals surface area contributed by atoms with E-state index in [1.54, 1.807) is 5.56 Å². The molecule has 0 N–H and O–H groups in total. The summed E-state index contributed by atoms with van der Waals surface area (Å²) < 4.78 is 0. The van der Waals surface area contributed by atoms with Crippen molar-refractivity contribution in [2.24, 2.45) is 0 Å². The lowest BCUT2D eigenvalue weighted by Gasteiger charge is -2.34. The average molecular weight is 256 g/mol. The molecule has 4 heteroatoms. The summed E-state index contributed by atoms with van der Waals surface area (Å²) in [5.74, 6) is 0.645. The first-order valence-electron chi connectivity index (χ1n) is 7.34. The number of anilines is 2. The Balaban J connectivity index is 1.75. The van der Waals surface area contributed by atoms with Gasteiger partial charge in [0.05, 0.1) is 18.2 Å². The molecule has 0 spiro atoms. The molecule has 2 unspecified atom stereocenters. The van der Waals surface area contributed by atoms with Crippen molar-refractivity contribution in [1.29, 1.82) is 0 Å². The molecule has 1 aromatic rings. The van der Waals surface area contributed by atoms with Gasteiger partial charge >= 0.3 is 0 Å². The lowest BCUT2D eigenvalue weighted by molar-refractivity contribution is 0.204. The first kappa shape index (κ1) is 10.5. The Hall–Kier alpha value is -1.26. The number of rotatable bonds is 0. The van der Waals surface area contributed by atoms with Crippen LogP contribution >= 0.6 is 0 Å². The molecule has 1 aromatic carbocycles. The summed E-state index contributed by atoms with van der Waals surface area (Å²) >= 11 is 0. The van der Waals surface area contributed by atoms with E-state index in [4.69, 9.17) is 0 Å². The molecular formula is C15H20N4. The van der Waals surface area contributed by atoms with Crippen molar-refractivity contribution in [2.75, 3.05) is 50.1 Å². The monoisotopic (exact) mass is 256 g/mol. The Morgan fingerprint density at radius 3 is 1.89 bits per heavy atom. The summed E-state index contributed by atoms with van der Waals surface area (Å²) in [7, 11) is 4.57. The molecule has 0 amide bonds. The Morgan fingerprint density at radius 2 is 1.37 bits per heavy atom. The summed E-state index contributed by atoms with van der Waals surface area (Å²) in [4.78, 5) is 10.4. The standard InChI is InChI=1S/C15H20N4/c1-16-6-8-18-10-4-3-5-11-12(10)13(14(16)18)15-17(2)7-9-19(11)15/h3-5,13-15H,6-9H2,1-2H3. The molecule has 100 valence electrons. The second-order valence-electron chi connectivity index (χ2n) is 6.41. The summed E-state index contributed by atoms with van der Waals surface area (Å²) in [5.41, 5.74) is 4.62. The fraction of sp³-hybridized carbons (Fsp3) is 0.600. The number of hydrogen-bond donors (Lipinski definition) is 0. The van der Waals surface area contributed by atoms with E-state index in [-0.39, 0.29) is 0 Å². The van der Waals surface area contributed by atoms with Gasteiger partial charge in [0, 0.05) is 43.1 Å². The molecule has 0 radical (unpaired) electrons. The predicted octanol–water partition coefficient (Wildman–Crippen LogP) is 0.953. The zero-order valence-electron chi connectivity index (χ0n) is 11.6. The number of likely N-dealkylation sites (N-methyl/N-ethyl adjacent to an activating group) is 2. The Labute approximate surface area is 114 Å². The zero-order valence-corrected chi connectivity index (χ0v) is 11.6. The van der Waals surface area contributed by atoms with Gasteiger partial charge in [0.15, 0.2) is 0 Å². The van der Waals surface area contributed by atoms with Crippen LogP contribution in [-0.4, -0.2) is 62.4 Å². The number of fused-ring (bicyclic) bond motifs is 6. The highest BCUT2D eigenvalue weighted by Crippen LogP contribution is 2.56. The van der Waals surface area contributed by atoms with Gasteiger partial charge in [-0.15, -0.1) is 0 Å². The Kier molecular flexibility index (Phi) is 1.80. The highest BCUT2D eigenvalue weighted by molar-refractivity contribution is 5.78. The maximum absolute atomic E-state index is 2.63. The van der Waals surface area contributed by atoms with E-state index < -0.39 is 0 Å². The Morgan fingerprint density at radius 1 is 0.842 bits per heavy atom. The van der Waals surface area contributed by atoms with Gasteiger partial charge < -0.3 is 9.80 Å². The second-order valence-corrected chi connectivity index (χ2v) is 6.41. The van der Waals surface area contributed by atoms with Gasteiger partial charge in [0.25, 0.3) is 0 Å². The molecular weight excluding hydrogens is 236 g/mol. The van der Waals surface area contributed by atoms with Crippen LogP contribution in [0.3, 0.4) is 0 Å². The van der Waals surface area contributed by atoms with Crippen molar-refractivity contribution in [3.05, 3.63) is 23.8 Å². The van der Waals surface area contributed by atoms with Crippen LogP contribution in [0, 0.1) is 0 Å². The molecule has 4 aliphatic heterocycles. The van der Waals surface area contributed by atoms with Gasteiger partial charge in [-0.3, -0.25) is 9.80 Å². The predicted molar refractivity (Wildman–Crippen MR) is 76.7 cm³/mol. The largest absolute Gasteiger partial charge is 0.353 e. The molecule has 0 bridgehead atoms. The molecule has 4 aliphatic rings. The van der Waals surface area contributed by atoms with E-state index in [0.717, 1.165) is 0 Å². The van der Waals surface area contributed by atoms with Crippen LogP contribution in [0.15, 0.2) is 18.2 Å². The minimum atomic E-state index is 0.576. The lowest BCUT2D eigenvalue weighted by atomic mass is 9.98. The second kappa shape index (κ2) is 3.25. The van der Waals surface area contributed by atoms with Gasteiger partial charge in [-0.25, -0.2) is 0 Å². The van der Waals surface area contributed by atoms with E-state index in [1.807, 2.05) is 0 Å². The molecule has 19 heavy (non-hydrogen) atoms. The fourth-order valence-electron chi connectivity index (χ4n) is 4.83. The molecule has 4 heterocycles.